The van der Waals surface area contributed by atoms with Crippen molar-refractivity contribution in [2.24, 2.45) is 0 Å². The van der Waals surface area contributed by atoms with Crippen LogP contribution in [-0.4, -0.2) is 17.7 Å². The van der Waals surface area contributed by atoms with Crippen LogP contribution in [0.5, 0.6) is 5.75 Å². The molecule has 2 unspecified atom stereocenters. The van der Waals surface area contributed by atoms with E-state index >= 15 is 0 Å². The van der Waals surface area contributed by atoms with Crippen molar-refractivity contribution in [2.45, 2.75) is 31.2 Å². The Kier molecular flexibility index (Phi) is 2.74. The molecule has 1 saturated heterocycles. The molecule has 2 aliphatic heterocycles. The predicted molar refractivity (Wildman–Crippen MR) is 66.2 cm³/mol. The molecule has 1 fully saturated rings. The van der Waals surface area contributed by atoms with Crippen molar-refractivity contribution in [3.8, 4) is 23.7 Å². The van der Waals surface area contributed by atoms with Gasteiger partial charge in [0.25, 0.3) is 11.9 Å². The standard InChI is InChI=1S/C15H11NO3/c16-10-6-2-1-5-9-15-13(17)11-7-3-4-8-12(11)18-14(15)19-15/h3-4,7-8,14H,1-2,6H2. The summed E-state index contributed by atoms with van der Waals surface area (Å²) in [6.07, 6.45) is 1.17. The van der Waals surface area contributed by atoms with Crippen LogP contribution in [0, 0.1) is 23.2 Å². The van der Waals surface area contributed by atoms with Crippen molar-refractivity contribution in [1.29, 1.82) is 5.26 Å². The number of rotatable bonds is 2. The average molecular weight is 253 g/mol. The number of hydrogen-bond acceptors (Lipinski definition) is 4. The molecule has 0 aliphatic carbocycles. The lowest BCUT2D eigenvalue weighted by molar-refractivity contribution is 0.0908. The highest BCUT2D eigenvalue weighted by molar-refractivity contribution is 6.09. The minimum atomic E-state index is -1.11. The Balaban J connectivity index is 1.78. The van der Waals surface area contributed by atoms with E-state index in [1.165, 1.54) is 0 Å². The fourth-order valence-corrected chi connectivity index (χ4v) is 2.07. The molecular formula is C15H11NO3. The maximum atomic E-state index is 12.3. The second-order valence-electron chi connectivity index (χ2n) is 4.44. The number of epoxide rings is 1. The molecule has 0 amide bonds. The SMILES string of the molecule is N#CCCCC#CC12OC1Oc1ccccc1C2=O. The maximum Gasteiger partial charge on any atom is 0.257 e. The van der Waals surface area contributed by atoms with Crippen LogP contribution in [0.1, 0.15) is 29.6 Å². The quantitative estimate of drug-likeness (QED) is 0.459. The summed E-state index contributed by atoms with van der Waals surface area (Å²) in [5.41, 5.74) is -0.594. The zero-order chi connectivity index (χ0) is 13.3. The van der Waals surface area contributed by atoms with Crippen molar-refractivity contribution in [3.63, 3.8) is 0 Å². The van der Waals surface area contributed by atoms with Gasteiger partial charge < -0.3 is 9.47 Å². The van der Waals surface area contributed by atoms with Crippen molar-refractivity contribution in [1.82, 2.24) is 0 Å². The topological polar surface area (TPSA) is 62.6 Å². The zero-order valence-electron chi connectivity index (χ0n) is 10.2. The van der Waals surface area contributed by atoms with Crippen molar-refractivity contribution in [3.05, 3.63) is 29.8 Å². The summed E-state index contributed by atoms with van der Waals surface area (Å²) in [5, 5.41) is 8.43. The van der Waals surface area contributed by atoms with Gasteiger partial charge in [-0.05, 0) is 18.6 Å². The molecule has 3 rings (SSSR count). The van der Waals surface area contributed by atoms with Crippen LogP contribution in [0.15, 0.2) is 24.3 Å². The Bertz CT molecular complexity index is 635. The smallest absolute Gasteiger partial charge is 0.257 e. The van der Waals surface area contributed by atoms with Gasteiger partial charge in [-0.1, -0.05) is 24.0 Å². The van der Waals surface area contributed by atoms with E-state index in [0.29, 0.717) is 30.6 Å². The number of para-hydroxylation sites is 1. The number of fused-ring (bicyclic) bond motifs is 2. The summed E-state index contributed by atoms with van der Waals surface area (Å²) < 4.78 is 10.9. The van der Waals surface area contributed by atoms with Gasteiger partial charge in [0.1, 0.15) is 5.75 Å². The molecule has 2 aliphatic rings. The number of Topliss-reactive ketones (excluding diaryl/α,β-unsaturated/α-hetero) is 1. The largest absolute Gasteiger partial charge is 0.459 e. The normalized spacial score (nSPS) is 26.1. The van der Waals surface area contributed by atoms with E-state index in [1.807, 2.05) is 6.07 Å². The minimum absolute atomic E-state index is 0.132. The number of nitriles is 1. The van der Waals surface area contributed by atoms with E-state index in [4.69, 9.17) is 14.7 Å². The Labute approximate surface area is 110 Å². The van der Waals surface area contributed by atoms with Gasteiger partial charge in [0.05, 0.1) is 11.6 Å². The van der Waals surface area contributed by atoms with E-state index in [-0.39, 0.29) is 5.78 Å². The number of unbranched alkanes of at least 4 members (excludes halogenated alkanes) is 2. The molecule has 1 aromatic carbocycles. The van der Waals surface area contributed by atoms with E-state index in [9.17, 15) is 4.79 Å². The molecule has 4 heteroatoms. The Morgan fingerprint density at radius 2 is 2.16 bits per heavy atom. The molecule has 19 heavy (non-hydrogen) atoms. The van der Waals surface area contributed by atoms with Gasteiger partial charge in [-0.25, -0.2) is 0 Å². The van der Waals surface area contributed by atoms with Gasteiger partial charge in [-0.3, -0.25) is 4.79 Å². The Morgan fingerprint density at radius 3 is 3.00 bits per heavy atom. The van der Waals surface area contributed by atoms with Crippen molar-refractivity contribution in [2.75, 3.05) is 0 Å². The summed E-state index contributed by atoms with van der Waals surface area (Å²) >= 11 is 0. The fraction of sp³-hybridized carbons (Fsp3) is 0.333. The lowest BCUT2D eigenvalue weighted by Crippen LogP contribution is -2.32. The van der Waals surface area contributed by atoms with E-state index in [1.54, 1.807) is 18.2 Å². The number of ether oxygens (including phenoxy) is 2. The zero-order valence-corrected chi connectivity index (χ0v) is 10.2. The third-order valence-electron chi connectivity index (χ3n) is 3.14. The monoisotopic (exact) mass is 253 g/mol. The second-order valence-corrected chi connectivity index (χ2v) is 4.44. The summed E-state index contributed by atoms with van der Waals surface area (Å²) in [6.45, 7) is 0. The van der Waals surface area contributed by atoms with Crippen LogP contribution in [0.3, 0.4) is 0 Å². The average Bonchev–Trinajstić information content (AvgIpc) is 3.14. The Hall–Kier alpha value is -2.30. The summed E-state index contributed by atoms with van der Waals surface area (Å²) in [5.74, 6) is 6.19. The summed E-state index contributed by atoms with van der Waals surface area (Å²) in [6, 6.07) is 9.13. The van der Waals surface area contributed by atoms with Gasteiger partial charge in [-0.15, -0.1) is 0 Å². The van der Waals surface area contributed by atoms with Gasteiger partial charge >= 0.3 is 0 Å². The highest BCUT2D eigenvalue weighted by atomic mass is 16.8. The molecule has 0 radical (unpaired) electrons. The van der Waals surface area contributed by atoms with Crippen LogP contribution in [0.2, 0.25) is 0 Å². The Morgan fingerprint density at radius 1 is 1.32 bits per heavy atom. The van der Waals surface area contributed by atoms with Crippen molar-refractivity contribution >= 4 is 5.78 Å². The highest BCUT2D eigenvalue weighted by Crippen LogP contribution is 2.46. The van der Waals surface area contributed by atoms with E-state index in [2.05, 4.69) is 17.9 Å². The fourth-order valence-electron chi connectivity index (χ4n) is 2.07. The van der Waals surface area contributed by atoms with Gasteiger partial charge in [0.15, 0.2) is 0 Å². The summed E-state index contributed by atoms with van der Waals surface area (Å²) in [4.78, 5) is 12.3. The molecule has 0 bridgehead atoms. The lowest BCUT2D eigenvalue weighted by atomic mass is 9.94. The molecule has 0 spiro atoms. The van der Waals surface area contributed by atoms with E-state index < -0.39 is 11.9 Å². The van der Waals surface area contributed by atoms with Crippen molar-refractivity contribution < 1.29 is 14.3 Å². The minimum Gasteiger partial charge on any atom is -0.459 e. The molecule has 94 valence electrons. The highest BCUT2D eigenvalue weighted by Gasteiger charge is 2.67. The van der Waals surface area contributed by atoms with Crippen LogP contribution < -0.4 is 4.74 Å². The van der Waals surface area contributed by atoms with Crippen LogP contribution in [-0.2, 0) is 4.74 Å². The third-order valence-corrected chi connectivity index (χ3v) is 3.14. The van der Waals surface area contributed by atoms with Gasteiger partial charge in [-0.2, -0.15) is 5.26 Å². The van der Waals surface area contributed by atoms with Crippen LogP contribution in [0.4, 0.5) is 0 Å². The third kappa shape index (κ3) is 1.87. The first-order valence-electron chi connectivity index (χ1n) is 6.13. The molecule has 0 N–H and O–H groups in total. The number of nitrogens with zero attached hydrogens (tertiary/aromatic N) is 1. The molecule has 0 saturated carbocycles. The first-order valence-corrected chi connectivity index (χ1v) is 6.13. The molecule has 1 aromatic rings. The molecule has 2 heterocycles. The van der Waals surface area contributed by atoms with Crippen LogP contribution >= 0.6 is 0 Å². The maximum absolute atomic E-state index is 12.3. The first-order chi connectivity index (χ1) is 9.28. The second kappa shape index (κ2) is 4.42. The van der Waals surface area contributed by atoms with Crippen LogP contribution in [0.25, 0.3) is 0 Å². The van der Waals surface area contributed by atoms with Gasteiger partial charge in [0, 0.05) is 12.8 Å². The predicted octanol–water partition coefficient (Wildman–Crippen LogP) is 2.05. The number of carbonyl (C=O) groups excluding carboxylic acids is 1. The van der Waals surface area contributed by atoms with E-state index in [0.717, 1.165) is 0 Å². The van der Waals surface area contributed by atoms with Gasteiger partial charge in [0.2, 0.25) is 5.78 Å². The molecule has 4 nitrogen and oxygen atoms in total. The lowest BCUT2D eigenvalue weighted by Gasteiger charge is -2.15. The molecular weight excluding hydrogens is 242 g/mol. The number of ketones is 1. The molecule has 2 atom stereocenters. The number of carbonyl (C=O) groups is 1. The first kappa shape index (κ1) is 11.8. The number of benzene rings is 1. The summed E-state index contributed by atoms with van der Waals surface area (Å²) in [7, 11) is 0. The number of hydrogen-bond donors (Lipinski definition) is 0. The molecule has 0 aromatic heterocycles.